The van der Waals surface area contributed by atoms with Crippen molar-refractivity contribution >= 4 is 5.91 Å². The van der Waals surface area contributed by atoms with E-state index >= 15 is 0 Å². The molecule has 0 aliphatic rings. The summed E-state index contributed by atoms with van der Waals surface area (Å²) in [6.07, 6.45) is 0.0160. The van der Waals surface area contributed by atoms with Gasteiger partial charge in [-0.25, -0.2) is 0 Å². The van der Waals surface area contributed by atoms with Gasteiger partial charge >= 0.3 is 0 Å². The molecule has 0 aromatic heterocycles. The highest BCUT2D eigenvalue weighted by Gasteiger charge is 2.29. The Balaban J connectivity index is 2.79. The van der Waals surface area contributed by atoms with Crippen LogP contribution in [0.25, 0.3) is 0 Å². The predicted octanol–water partition coefficient (Wildman–Crippen LogP) is -0.922. The zero-order valence-electron chi connectivity index (χ0n) is 12.1. The Morgan fingerprint density at radius 2 is 1.67 bits per heavy atom. The molecule has 0 radical (unpaired) electrons. The van der Waals surface area contributed by atoms with E-state index in [4.69, 9.17) is 9.47 Å². The number of ether oxygens (including phenoxy) is 2. The Kier molecular flexibility index (Phi) is 6.41. The van der Waals surface area contributed by atoms with E-state index in [-0.39, 0.29) is 6.42 Å². The summed E-state index contributed by atoms with van der Waals surface area (Å²) in [7, 11) is 3.01. The Hall–Kier alpha value is -1.83. The van der Waals surface area contributed by atoms with E-state index in [0.717, 1.165) is 0 Å². The minimum Gasteiger partial charge on any atom is -0.493 e. The van der Waals surface area contributed by atoms with Crippen molar-refractivity contribution in [1.82, 2.24) is 5.32 Å². The summed E-state index contributed by atoms with van der Waals surface area (Å²) in [4.78, 5) is 11.9. The summed E-state index contributed by atoms with van der Waals surface area (Å²) in [6, 6.07) is 5.05. The van der Waals surface area contributed by atoms with E-state index in [1.807, 2.05) is 0 Å². The average molecular weight is 299 g/mol. The monoisotopic (exact) mass is 299 g/mol. The first-order chi connectivity index (χ1) is 10.0. The Morgan fingerprint density at radius 3 is 2.14 bits per heavy atom. The number of amides is 1. The normalized spacial score (nSPS) is 11.1. The largest absolute Gasteiger partial charge is 0.493 e. The minimum absolute atomic E-state index is 0.0160. The smallest absolute Gasteiger partial charge is 0.225 e. The first kappa shape index (κ1) is 17.2. The summed E-state index contributed by atoms with van der Waals surface area (Å²) in [5, 5.41) is 29.9. The fourth-order valence-electron chi connectivity index (χ4n) is 1.78. The molecule has 7 nitrogen and oxygen atoms in total. The molecule has 0 atom stereocenters. The minimum atomic E-state index is -1.42. The molecule has 21 heavy (non-hydrogen) atoms. The topological polar surface area (TPSA) is 108 Å². The Bertz CT molecular complexity index is 464. The molecule has 118 valence electrons. The van der Waals surface area contributed by atoms with Crippen molar-refractivity contribution in [2.75, 3.05) is 34.0 Å². The maximum Gasteiger partial charge on any atom is 0.225 e. The van der Waals surface area contributed by atoms with E-state index in [1.54, 1.807) is 18.2 Å². The first-order valence-corrected chi connectivity index (χ1v) is 6.38. The Morgan fingerprint density at radius 1 is 1.10 bits per heavy atom. The third-order valence-corrected chi connectivity index (χ3v) is 3.13. The second kappa shape index (κ2) is 7.82. The lowest BCUT2D eigenvalue weighted by atomic mass is 10.0. The number of carbonyl (C=O) groups is 1. The molecule has 1 amide bonds. The van der Waals surface area contributed by atoms with Crippen molar-refractivity contribution in [3.05, 3.63) is 23.8 Å². The number of nitrogens with one attached hydrogen (secondary N) is 1. The molecule has 1 aromatic carbocycles. The SMILES string of the molecule is COc1ccc(CC(=O)NC(CO)(CO)CO)cc1OC. The zero-order chi connectivity index (χ0) is 15.9. The van der Waals surface area contributed by atoms with Crippen LogP contribution < -0.4 is 14.8 Å². The van der Waals surface area contributed by atoms with E-state index < -0.39 is 31.3 Å². The van der Waals surface area contributed by atoms with Gasteiger partial charge in [0.15, 0.2) is 11.5 Å². The molecule has 0 unspecified atom stereocenters. The van der Waals surface area contributed by atoms with Crippen LogP contribution in [0, 0.1) is 0 Å². The van der Waals surface area contributed by atoms with Crippen molar-refractivity contribution in [2.24, 2.45) is 0 Å². The number of carbonyl (C=O) groups excluding carboxylic acids is 1. The molecule has 0 spiro atoms. The molecule has 0 bridgehead atoms. The van der Waals surface area contributed by atoms with E-state index in [9.17, 15) is 20.1 Å². The van der Waals surface area contributed by atoms with Crippen molar-refractivity contribution in [1.29, 1.82) is 0 Å². The molecule has 0 fully saturated rings. The van der Waals surface area contributed by atoms with Crippen LogP contribution in [0.5, 0.6) is 11.5 Å². The number of hydrogen-bond acceptors (Lipinski definition) is 6. The average Bonchev–Trinajstić information content (AvgIpc) is 2.52. The molecular weight excluding hydrogens is 278 g/mol. The number of methoxy groups -OCH3 is 2. The van der Waals surface area contributed by atoms with Crippen LogP contribution >= 0.6 is 0 Å². The highest BCUT2D eigenvalue weighted by atomic mass is 16.5. The lowest BCUT2D eigenvalue weighted by Crippen LogP contribution is -2.57. The molecule has 0 heterocycles. The van der Waals surface area contributed by atoms with Gasteiger partial charge in [-0.1, -0.05) is 6.07 Å². The van der Waals surface area contributed by atoms with Gasteiger partial charge in [0.2, 0.25) is 5.91 Å². The highest BCUT2D eigenvalue weighted by molar-refractivity contribution is 5.79. The van der Waals surface area contributed by atoms with Gasteiger partial charge in [-0.15, -0.1) is 0 Å². The molecule has 4 N–H and O–H groups in total. The number of aliphatic hydroxyl groups excluding tert-OH is 3. The van der Waals surface area contributed by atoms with Crippen LogP contribution in [-0.2, 0) is 11.2 Å². The van der Waals surface area contributed by atoms with Crippen molar-refractivity contribution < 1.29 is 29.6 Å². The van der Waals surface area contributed by atoms with Gasteiger partial charge in [0.1, 0.15) is 5.54 Å². The predicted molar refractivity (Wildman–Crippen MR) is 75.4 cm³/mol. The van der Waals surface area contributed by atoms with Crippen LogP contribution in [0.4, 0.5) is 0 Å². The highest BCUT2D eigenvalue weighted by Crippen LogP contribution is 2.27. The van der Waals surface area contributed by atoms with Gasteiger partial charge in [-0.3, -0.25) is 4.79 Å². The second-order valence-corrected chi connectivity index (χ2v) is 4.67. The molecule has 7 heteroatoms. The third kappa shape index (κ3) is 4.32. The summed E-state index contributed by atoms with van der Waals surface area (Å²) in [5.74, 6) is 0.622. The molecular formula is C14H21NO6. The lowest BCUT2D eigenvalue weighted by Gasteiger charge is -2.28. The zero-order valence-corrected chi connectivity index (χ0v) is 12.1. The van der Waals surface area contributed by atoms with Crippen LogP contribution in [0.15, 0.2) is 18.2 Å². The second-order valence-electron chi connectivity index (χ2n) is 4.67. The van der Waals surface area contributed by atoms with Crippen molar-refractivity contribution in [2.45, 2.75) is 12.0 Å². The van der Waals surface area contributed by atoms with Gasteiger partial charge < -0.3 is 30.1 Å². The molecule has 1 rings (SSSR count). The molecule has 0 aliphatic heterocycles. The van der Waals surface area contributed by atoms with Gasteiger partial charge in [0.25, 0.3) is 0 Å². The number of benzene rings is 1. The van der Waals surface area contributed by atoms with Crippen LogP contribution in [0.1, 0.15) is 5.56 Å². The van der Waals surface area contributed by atoms with Gasteiger partial charge in [-0.2, -0.15) is 0 Å². The third-order valence-electron chi connectivity index (χ3n) is 3.13. The molecule has 0 aliphatic carbocycles. The van der Waals surface area contributed by atoms with Crippen LogP contribution in [0.2, 0.25) is 0 Å². The van der Waals surface area contributed by atoms with E-state index in [1.165, 1.54) is 14.2 Å². The maximum atomic E-state index is 11.9. The van der Waals surface area contributed by atoms with Gasteiger partial charge in [0.05, 0.1) is 40.5 Å². The molecule has 1 aromatic rings. The summed E-state index contributed by atoms with van der Waals surface area (Å²) in [6.45, 7) is -1.67. The fraction of sp³-hybridized carbons (Fsp3) is 0.500. The maximum absolute atomic E-state index is 11.9. The fourth-order valence-corrected chi connectivity index (χ4v) is 1.78. The van der Waals surface area contributed by atoms with Crippen molar-refractivity contribution in [3.63, 3.8) is 0 Å². The molecule has 0 saturated heterocycles. The quantitative estimate of drug-likeness (QED) is 0.494. The Labute approximate surface area is 123 Å². The number of aliphatic hydroxyl groups is 3. The van der Waals surface area contributed by atoms with E-state index in [0.29, 0.717) is 17.1 Å². The molecule has 0 saturated carbocycles. The van der Waals surface area contributed by atoms with Gasteiger partial charge in [0, 0.05) is 0 Å². The standard InChI is InChI=1S/C14H21NO6/c1-20-11-4-3-10(5-12(11)21-2)6-13(19)15-14(7-16,8-17)9-18/h3-5,16-18H,6-9H2,1-2H3,(H,15,19). The van der Waals surface area contributed by atoms with E-state index in [2.05, 4.69) is 5.32 Å². The van der Waals surface area contributed by atoms with Crippen LogP contribution in [0.3, 0.4) is 0 Å². The first-order valence-electron chi connectivity index (χ1n) is 6.38. The summed E-state index contributed by atoms with van der Waals surface area (Å²) in [5.41, 5.74) is -0.749. The van der Waals surface area contributed by atoms with Crippen molar-refractivity contribution in [3.8, 4) is 11.5 Å². The van der Waals surface area contributed by atoms with Crippen LogP contribution in [-0.4, -0.2) is 60.8 Å². The summed E-state index contributed by atoms with van der Waals surface area (Å²) >= 11 is 0. The number of hydrogen-bond donors (Lipinski definition) is 4. The van der Waals surface area contributed by atoms with Gasteiger partial charge in [-0.05, 0) is 17.7 Å². The lowest BCUT2D eigenvalue weighted by molar-refractivity contribution is -0.124. The summed E-state index contributed by atoms with van der Waals surface area (Å²) < 4.78 is 10.3. The number of rotatable bonds is 8.